The molecule has 0 bridgehead atoms. The molecular weight excluding hydrogens is 437 g/mol. The molecule has 0 radical (unpaired) electrons. The van der Waals surface area contributed by atoms with Crippen molar-refractivity contribution in [3.05, 3.63) is 64.5 Å². The van der Waals surface area contributed by atoms with Crippen molar-refractivity contribution in [2.75, 3.05) is 12.3 Å². The molecule has 3 heterocycles. The van der Waals surface area contributed by atoms with E-state index in [-0.39, 0.29) is 24.9 Å². The van der Waals surface area contributed by atoms with Gasteiger partial charge in [-0.05, 0) is 49.7 Å². The molecule has 0 saturated carbocycles. The Bertz CT molecular complexity index is 1200. The molecule has 10 heteroatoms. The van der Waals surface area contributed by atoms with Crippen molar-refractivity contribution >= 4 is 22.6 Å². The van der Waals surface area contributed by atoms with Gasteiger partial charge < -0.3 is 20.5 Å². The average molecular weight is 460 g/mol. The summed E-state index contributed by atoms with van der Waals surface area (Å²) in [5.74, 6) is 0.00252. The molecule has 1 aromatic carbocycles. The van der Waals surface area contributed by atoms with Crippen molar-refractivity contribution in [3.63, 3.8) is 0 Å². The van der Waals surface area contributed by atoms with Gasteiger partial charge in [-0.2, -0.15) is 13.2 Å². The number of carbonyl (C=O) groups is 1. The Morgan fingerprint density at radius 1 is 1.33 bits per heavy atom. The lowest BCUT2D eigenvalue weighted by Crippen LogP contribution is -2.36. The standard InChI is InChI=1S/C23H23F3N4O3/c1-12(31)9-30(10-16-5-4-15(8-28-16)23(24,25)26)22(32)14-3-6-19-17(7-14)18-11-33-13(2)20(18)21(27)29-19/h3-8,12-13,31H,9-11H2,1-2H3,(H2,27,29)/t12-,13-/m1/s1. The van der Waals surface area contributed by atoms with Crippen LogP contribution in [0.25, 0.3) is 10.9 Å². The third kappa shape index (κ3) is 4.62. The minimum atomic E-state index is -4.50. The Morgan fingerprint density at radius 3 is 2.73 bits per heavy atom. The number of nitrogens with zero attached hydrogens (tertiary/aromatic N) is 3. The lowest BCUT2D eigenvalue weighted by atomic mass is 10.00. The van der Waals surface area contributed by atoms with Gasteiger partial charge in [0.1, 0.15) is 5.82 Å². The van der Waals surface area contributed by atoms with Gasteiger partial charge >= 0.3 is 6.18 Å². The molecule has 7 nitrogen and oxygen atoms in total. The van der Waals surface area contributed by atoms with Gasteiger partial charge in [-0.1, -0.05) is 0 Å². The molecule has 0 unspecified atom stereocenters. The first-order valence-corrected chi connectivity index (χ1v) is 10.4. The van der Waals surface area contributed by atoms with E-state index >= 15 is 0 Å². The molecular formula is C23H23F3N4O3. The van der Waals surface area contributed by atoms with Crippen molar-refractivity contribution in [3.8, 4) is 0 Å². The minimum absolute atomic E-state index is 0.0161. The fourth-order valence-electron chi connectivity index (χ4n) is 4.00. The van der Waals surface area contributed by atoms with Crippen LogP contribution in [0.5, 0.6) is 0 Å². The molecule has 2 atom stereocenters. The highest BCUT2D eigenvalue weighted by Gasteiger charge is 2.31. The third-order valence-electron chi connectivity index (χ3n) is 5.57. The van der Waals surface area contributed by atoms with Gasteiger partial charge in [-0.3, -0.25) is 9.78 Å². The van der Waals surface area contributed by atoms with Crippen LogP contribution < -0.4 is 5.73 Å². The van der Waals surface area contributed by atoms with Gasteiger partial charge in [-0.15, -0.1) is 0 Å². The van der Waals surface area contributed by atoms with Gasteiger partial charge in [-0.25, -0.2) is 4.98 Å². The zero-order valence-corrected chi connectivity index (χ0v) is 18.1. The number of hydrogen-bond acceptors (Lipinski definition) is 6. The number of nitrogen functional groups attached to an aromatic ring is 1. The maximum atomic E-state index is 13.3. The molecule has 3 N–H and O–H groups in total. The van der Waals surface area contributed by atoms with E-state index in [1.807, 2.05) is 6.92 Å². The summed E-state index contributed by atoms with van der Waals surface area (Å²) in [6, 6.07) is 7.16. The van der Waals surface area contributed by atoms with Crippen molar-refractivity contribution < 1.29 is 27.8 Å². The van der Waals surface area contributed by atoms with E-state index in [9.17, 15) is 23.1 Å². The number of amides is 1. The van der Waals surface area contributed by atoms with E-state index in [4.69, 9.17) is 10.5 Å². The van der Waals surface area contributed by atoms with Crippen molar-refractivity contribution in [2.24, 2.45) is 0 Å². The molecule has 2 aromatic heterocycles. The molecule has 0 fully saturated rings. The number of halogens is 3. The molecule has 3 aromatic rings. The number of fused-ring (bicyclic) bond motifs is 3. The summed E-state index contributed by atoms with van der Waals surface area (Å²) in [7, 11) is 0. The van der Waals surface area contributed by atoms with Crippen molar-refractivity contribution in [2.45, 2.75) is 45.4 Å². The molecule has 0 saturated heterocycles. The Hall–Kier alpha value is -3.24. The highest BCUT2D eigenvalue weighted by Crippen LogP contribution is 2.38. The number of nitrogens with two attached hydrogens (primary N) is 1. The largest absolute Gasteiger partial charge is 0.417 e. The summed E-state index contributed by atoms with van der Waals surface area (Å²) >= 11 is 0. The van der Waals surface area contributed by atoms with E-state index in [1.54, 1.807) is 18.2 Å². The second-order valence-corrected chi connectivity index (χ2v) is 8.15. The fourth-order valence-corrected chi connectivity index (χ4v) is 4.00. The Morgan fingerprint density at radius 2 is 2.09 bits per heavy atom. The summed E-state index contributed by atoms with van der Waals surface area (Å²) in [4.78, 5) is 22.9. The second kappa shape index (κ2) is 8.60. The minimum Gasteiger partial charge on any atom is -0.392 e. The van der Waals surface area contributed by atoms with Gasteiger partial charge in [0.2, 0.25) is 0 Å². The predicted octanol–water partition coefficient (Wildman–Crippen LogP) is 3.85. The molecule has 33 heavy (non-hydrogen) atoms. The number of pyridine rings is 2. The number of alkyl halides is 3. The number of rotatable bonds is 5. The molecule has 0 aliphatic carbocycles. The summed E-state index contributed by atoms with van der Waals surface area (Å²) in [5, 5.41) is 10.7. The molecule has 1 aliphatic heterocycles. The Kier molecular flexibility index (Phi) is 5.98. The summed E-state index contributed by atoms with van der Waals surface area (Å²) < 4.78 is 44.1. The SMILES string of the molecule is C[C@@H](O)CN(Cc1ccc(C(F)(F)F)cn1)C(=O)c1ccc2nc(N)c3c(c2c1)CO[C@@H]3C. The molecule has 174 valence electrons. The monoisotopic (exact) mass is 460 g/mol. The van der Waals surface area contributed by atoms with E-state index in [1.165, 1.54) is 17.9 Å². The Balaban J connectivity index is 1.66. The maximum absolute atomic E-state index is 13.3. The average Bonchev–Trinajstić information content (AvgIpc) is 3.14. The highest BCUT2D eigenvalue weighted by atomic mass is 19.4. The van der Waals surface area contributed by atoms with Crippen molar-refractivity contribution in [1.82, 2.24) is 14.9 Å². The van der Waals surface area contributed by atoms with E-state index in [0.717, 1.165) is 28.8 Å². The molecule has 4 rings (SSSR count). The van der Waals surface area contributed by atoms with Crippen LogP contribution in [0.3, 0.4) is 0 Å². The number of hydrogen-bond donors (Lipinski definition) is 2. The summed E-state index contributed by atoms with van der Waals surface area (Å²) in [5.41, 5.74) is 8.16. The van der Waals surface area contributed by atoms with Gasteiger partial charge in [0, 0.05) is 29.3 Å². The topological polar surface area (TPSA) is 102 Å². The number of aromatic nitrogens is 2. The van der Waals surface area contributed by atoms with Gasteiger partial charge in [0.05, 0.1) is 42.1 Å². The smallest absolute Gasteiger partial charge is 0.392 e. The van der Waals surface area contributed by atoms with Crippen LogP contribution in [0.4, 0.5) is 19.0 Å². The first-order chi connectivity index (χ1) is 15.5. The van der Waals surface area contributed by atoms with Crippen LogP contribution in [0.15, 0.2) is 36.5 Å². The van der Waals surface area contributed by atoms with Crippen molar-refractivity contribution in [1.29, 1.82) is 0 Å². The predicted molar refractivity (Wildman–Crippen MR) is 115 cm³/mol. The summed E-state index contributed by atoms with van der Waals surface area (Å²) in [6.45, 7) is 3.69. The normalized spacial score (nSPS) is 16.6. The van der Waals surface area contributed by atoms with E-state index in [0.29, 0.717) is 23.5 Å². The van der Waals surface area contributed by atoms with E-state index in [2.05, 4.69) is 9.97 Å². The van der Waals surface area contributed by atoms with Crippen LogP contribution in [0.2, 0.25) is 0 Å². The zero-order chi connectivity index (χ0) is 23.9. The zero-order valence-electron chi connectivity index (χ0n) is 18.1. The van der Waals surface area contributed by atoms with E-state index < -0.39 is 23.8 Å². The third-order valence-corrected chi connectivity index (χ3v) is 5.57. The highest BCUT2D eigenvalue weighted by molar-refractivity contribution is 5.99. The maximum Gasteiger partial charge on any atom is 0.417 e. The van der Waals surface area contributed by atoms with Gasteiger partial charge in [0.15, 0.2) is 0 Å². The second-order valence-electron chi connectivity index (χ2n) is 8.15. The molecule has 1 aliphatic rings. The number of aliphatic hydroxyl groups excluding tert-OH is 1. The number of anilines is 1. The van der Waals surface area contributed by atoms with Crippen LogP contribution in [0, 0.1) is 0 Å². The fraction of sp³-hybridized carbons (Fsp3) is 0.348. The molecule has 0 spiro atoms. The first-order valence-electron chi connectivity index (χ1n) is 10.4. The molecule has 1 amide bonds. The number of benzene rings is 1. The number of ether oxygens (including phenoxy) is 1. The number of aliphatic hydroxyl groups is 1. The van der Waals surface area contributed by atoms with Gasteiger partial charge in [0.25, 0.3) is 5.91 Å². The summed E-state index contributed by atoms with van der Waals surface area (Å²) in [6.07, 6.45) is -4.81. The van der Waals surface area contributed by atoms with Crippen LogP contribution in [-0.4, -0.2) is 38.5 Å². The van der Waals surface area contributed by atoms with Crippen LogP contribution >= 0.6 is 0 Å². The Labute approximate surface area is 188 Å². The van der Waals surface area contributed by atoms with Crippen LogP contribution in [0.1, 0.15) is 52.7 Å². The quantitative estimate of drug-likeness (QED) is 0.600. The van der Waals surface area contributed by atoms with Crippen LogP contribution in [-0.2, 0) is 24.1 Å². The first kappa shape index (κ1) is 22.9. The lowest BCUT2D eigenvalue weighted by molar-refractivity contribution is -0.137. The number of carbonyl (C=O) groups excluding carboxylic acids is 1. The lowest BCUT2D eigenvalue weighted by Gasteiger charge is -2.24.